The summed E-state index contributed by atoms with van der Waals surface area (Å²) < 4.78 is 30.5. The van der Waals surface area contributed by atoms with Gasteiger partial charge in [0, 0.05) is 18.9 Å². The first-order valence-electron chi connectivity index (χ1n) is 10.4. The molecule has 2 heterocycles. The number of nitrogens with zero attached hydrogens (tertiary/aromatic N) is 3. The number of aromatic nitrogens is 1. The third-order valence-corrected chi connectivity index (χ3v) is 7.13. The molecular formula is C22H30N4O4S. The van der Waals surface area contributed by atoms with E-state index in [1.54, 1.807) is 25.4 Å². The zero-order valence-corrected chi connectivity index (χ0v) is 19.1. The number of pyridine rings is 1. The SMILES string of the molecule is CCC1(CC)CN(NS(=O)(=O)Cc2cccnc2)C(=O)N1CCc1ccc(OC)cc1. The summed E-state index contributed by atoms with van der Waals surface area (Å²) in [5.74, 6) is 0.550. The lowest BCUT2D eigenvalue weighted by atomic mass is 9.92. The molecule has 1 N–H and O–H groups in total. The Bertz CT molecular complexity index is 976. The highest BCUT2D eigenvalue weighted by molar-refractivity contribution is 7.88. The number of sulfonamides is 1. The zero-order chi connectivity index (χ0) is 22.5. The second kappa shape index (κ2) is 9.65. The average molecular weight is 447 g/mol. The smallest absolute Gasteiger partial charge is 0.335 e. The fourth-order valence-electron chi connectivity index (χ4n) is 3.99. The summed E-state index contributed by atoms with van der Waals surface area (Å²) in [6.07, 6.45) is 5.24. The molecule has 1 aromatic carbocycles. The molecule has 0 bridgehead atoms. The van der Waals surface area contributed by atoms with Crippen molar-refractivity contribution in [2.75, 3.05) is 20.2 Å². The number of hydrogen-bond donors (Lipinski definition) is 1. The molecule has 1 aromatic heterocycles. The first-order chi connectivity index (χ1) is 14.8. The second-order valence-electron chi connectivity index (χ2n) is 7.76. The molecule has 168 valence electrons. The van der Waals surface area contributed by atoms with Crippen molar-refractivity contribution in [3.05, 3.63) is 59.9 Å². The Morgan fingerprint density at radius 2 is 1.84 bits per heavy atom. The van der Waals surface area contributed by atoms with E-state index in [1.165, 1.54) is 11.2 Å². The molecule has 1 aliphatic heterocycles. The van der Waals surface area contributed by atoms with Crippen molar-refractivity contribution < 1.29 is 17.9 Å². The molecule has 2 amide bonds. The standard InChI is InChI=1S/C22H30N4O4S/c1-4-22(5-2)17-26(24-31(28,29)16-19-7-6-13-23-15-19)21(27)25(22)14-12-18-8-10-20(30-3)11-9-18/h6-11,13,15,24H,4-5,12,14,16-17H2,1-3H3. The first kappa shape index (κ1) is 23.0. The zero-order valence-electron chi connectivity index (χ0n) is 18.2. The van der Waals surface area contributed by atoms with Gasteiger partial charge < -0.3 is 9.64 Å². The van der Waals surface area contributed by atoms with E-state index in [0.717, 1.165) is 24.2 Å². The topological polar surface area (TPSA) is 91.8 Å². The molecule has 2 aromatic rings. The van der Waals surface area contributed by atoms with Crippen molar-refractivity contribution >= 4 is 16.1 Å². The average Bonchev–Trinajstić information content (AvgIpc) is 3.03. The van der Waals surface area contributed by atoms with Crippen LogP contribution in [0.4, 0.5) is 4.79 Å². The van der Waals surface area contributed by atoms with Gasteiger partial charge in [0.05, 0.1) is 24.9 Å². The van der Waals surface area contributed by atoms with Crippen LogP contribution in [0.25, 0.3) is 0 Å². The number of ether oxygens (including phenoxy) is 1. The van der Waals surface area contributed by atoms with E-state index < -0.39 is 15.6 Å². The van der Waals surface area contributed by atoms with Gasteiger partial charge in [-0.1, -0.05) is 32.0 Å². The predicted molar refractivity (Wildman–Crippen MR) is 119 cm³/mol. The maximum atomic E-state index is 13.2. The third-order valence-electron chi connectivity index (χ3n) is 5.91. The van der Waals surface area contributed by atoms with Crippen LogP contribution < -0.4 is 9.57 Å². The maximum Gasteiger partial charge on any atom is 0.335 e. The van der Waals surface area contributed by atoms with Crippen molar-refractivity contribution in [2.24, 2.45) is 0 Å². The van der Waals surface area contributed by atoms with E-state index in [1.807, 2.05) is 43.0 Å². The number of benzene rings is 1. The van der Waals surface area contributed by atoms with Gasteiger partial charge in [-0.3, -0.25) is 4.98 Å². The molecule has 9 heteroatoms. The van der Waals surface area contributed by atoms with E-state index >= 15 is 0 Å². The second-order valence-corrected chi connectivity index (χ2v) is 9.46. The van der Waals surface area contributed by atoms with E-state index in [2.05, 4.69) is 9.82 Å². The molecule has 31 heavy (non-hydrogen) atoms. The number of rotatable bonds is 10. The molecule has 1 fully saturated rings. The van der Waals surface area contributed by atoms with Gasteiger partial charge in [0.1, 0.15) is 5.75 Å². The van der Waals surface area contributed by atoms with Crippen molar-refractivity contribution in [1.82, 2.24) is 19.7 Å². The van der Waals surface area contributed by atoms with Crippen molar-refractivity contribution in [2.45, 2.75) is 44.4 Å². The van der Waals surface area contributed by atoms with Gasteiger partial charge in [0.25, 0.3) is 0 Å². The van der Waals surface area contributed by atoms with Crippen LogP contribution in [-0.2, 0) is 22.2 Å². The summed E-state index contributed by atoms with van der Waals surface area (Å²) in [5.41, 5.74) is 1.24. The van der Waals surface area contributed by atoms with Gasteiger partial charge in [-0.05, 0) is 48.6 Å². The molecule has 1 saturated heterocycles. The summed E-state index contributed by atoms with van der Waals surface area (Å²) in [6, 6.07) is 10.8. The number of amides is 2. The molecule has 0 aliphatic carbocycles. The number of urea groups is 1. The lowest BCUT2D eigenvalue weighted by Crippen LogP contribution is -2.47. The molecule has 8 nitrogen and oxygen atoms in total. The molecular weight excluding hydrogens is 416 g/mol. The molecule has 3 rings (SSSR count). The molecule has 0 spiro atoms. The van der Waals surface area contributed by atoms with Crippen LogP contribution in [0.3, 0.4) is 0 Å². The third kappa shape index (κ3) is 5.34. The van der Waals surface area contributed by atoms with Crippen LogP contribution in [-0.4, -0.2) is 55.1 Å². The largest absolute Gasteiger partial charge is 0.497 e. The fourth-order valence-corrected chi connectivity index (χ4v) is 5.14. The molecule has 0 saturated carbocycles. The van der Waals surface area contributed by atoms with Gasteiger partial charge in [-0.15, -0.1) is 4.83 Å². The van der Waals surface area contributed by atoms with Gasteiger partial charge >= 0.3 is 6.03 Å². The molecule has 1 aliphatic rings. The number of nitrogens with one attached hydrogen (secondary N) is 1. The Labute approximate surface area is 184 Å². The monoisotopic (exact) mass is 446 g/mol. The van der Waals surface area contributed by atoms with Crippen LogP contribution in [0.5, 0.6) is 5.75 Å². The van der Waals surface area contributed by atoms with Crippen LogP contribution >= 0.6 is 0 Å². The van der Waals surface area contributed by atoms with Crippen LogP contribution in [0.15, 0.2) is 48.8 Å². The highest BCUT2D eigenvalue weighted by Gasteiger charge is 2.48. The van der Waals surface area contributed by atoms with Gasteiger partial charge in [-0.25, -0.2) is 18.2 Å². The van der Waals surface area contributed by atoms with Crippen molar-refractivity contribution in [1.29, 1.82) is 0 Å². The van der Waals surface area contributed by atoms with Gasteiger partial charge in [0.2, 0.25) is 10.0 Å². The van der Waals surface area contributed by atoms with Crippen molar-refractivity contribution in [3.8, 4) is 5.75 Å². The summed E-state index contributed by atoms with van der Waals surface area (Å²) in [6.45, 7) is 4.89. The lowest BCUT2D eigenvalue weighted by molar-refractivity contribution is 0.148. The van der Waals surface area contributed by atoms with Crippen LogP contribution in [0.2, 0.25) is 0 Å². The predicted octanol–water partition coefficient (Wildman–Crippen LogP) is 2.96. The maximum absolute atomic E-state index is 13.2. The number of hydrazine groups is 1. The summed E-state index contributed by atoms with van der Waals surface area (Å²) in [5, 5.41) is 1.24. The van der Waals surface area contributed by atoms with E-state index in [0.29, 0.717) is 25.1 Å². The van der Waals surface area contributed by atoms with Gasteiger partial charge in [-0.2, -0.15) is 0 Å². The number of carbonyl (C=O) groups excluding carboxylic acids is 1. The summed E-state index contributed by atoms with van der Waals surface area (Å²) >= 11 is 0. The van der Waals surface area contributed by atoms with Crippen LogP contribution in [0, 0.1) is 0 Å². The Morgan fingerprint density at radius 3 is 2.42 bits per heavy atom. The minimum atomic E-state index is -3.74. The quantitative estimate of drug-likeness (QED) is 0.606. The van der Waals surface area contributed by atoms with Crippen molar-refractivity contribution in [3.63, 3.8) is 0 Å². The van der Waals surface area contributed by atoms with E-state index in [9.17, 15) is 13.2 Å². The van der Waals surface area contributed by atoms with Gasteiger partial charge in [0.15, 0.2) is 0 Å². The number of hydrogen-bond acceptors (Lipinski definition) is 5. The summed E-state index contributed by atoms with van der Waals surface area (Å²) in [7, 11) is -2.12. The van der Waals surface area contributed by atoms with E-state index in [-0.39, 0.29) is 11.8 Å². The fraction of sp³-hybridized carbons (Fsp3) is 0.455. The molecule has 0 atom stereocenters. The Hall–Kier alpha value is -2.65. The Kier molecular flexibility index (Phi) is 7.17. The van der Waals surface area contributed by atoms with Crippen LogP contribution in [0.1, 0.15) is 37.8 Å². The summed E-state index contributed by atoms with van der Waals surface area (Å²) in [4.78, 5) is 21.4. The highest BCUT2D eigenvalue weighted by Crippen LogP contribution is 2.32. The minimum Gasteiger partial charge on any atom is -0.497 e. The molecule has 0 radical (unpaired) electrons. The Morgan fingerprint density at radius 1 is 1.13 bits per heavy atom. The lowest BCUT2D eigenvalue weighted by Gasteiger charge is -2.35. The Balaban J connectivity index is 1.72. The molecule has 0 unspecified atom stereocenters. The number of carbonyl (C=O) groups is 1. The first-order valence-corrected chi connectivity index (χ1v) is 12.1. The highest BCUT2D eigenvalue weighted by atomic mass is 32.2. The van der Waals surface area contributed by atoms with E-state index in [4.69, 9.17) is 4.74 Å². The number of methoxy groups -OCH3 is 1. The minimum absolute atomic E-state index is 0.234. The normalized spacial score (nSPS) is 16.0.